The van der Waals surface area contributed by atoms with Gasteiger partial charge in [0, 0.05) is 24.1 Å². The lowest BCUT2D eigenvalue weighted by atomic mass is 10.3. The molecule has 1 aromatic rings. The van der Waals surface area contributed by atoms with E-state index in [0.29, 0.717) is 17.1 Å². The molecule has 1 aliphatic carbocycles. The first-order valence-electron chi connectivity index (χ1n) is 7.47. The Bertz CT molecular complexity index is 457. The molecule has 112 valence electrons. The maximum Gasteiger partial charge on any atom is 0.137 e. The third-order valence-electron chi connectivity index (χ3n) is 3.91. The van der Waals surface area contributed by atoms with Gasteiger partial charge in [0.05, 0.1) is 0 Å². The standard InChI is InChI=1S/C15H25ClN4/c1-10(2)20(4)9-5-8-17-14-11(3)13(16)18-15(19-14)12-6-7-12/h10,12H,5-9H2,1-4H3,(H,17,18,19). The molecular formula is C15H25ClN4. The third kappa shape index (κ3) is 4.06. The maximum atomic E-state index is 6.20. The van der Waals surface area contributed by atoms with Crippen LogP contribution in [0.2, 0.25) is 5.15 Å². The second kappa shape index (κ2) is 6.72. The number of anilines is 1. The van der Waals surface area contributed by atoms with E-state index in [0.717, 1.165) is 36.7 Å². The predicted octanol–water partition coefficient (Wildman–Crippen LogP) is 3.46. The summed E-state index contributed by atoms with van der Waals surface area (Å²) < 4.78 is 0. The molecule has 2 rings (SSSR count). The fourth-order valence-electron chi connectivity index (χ4n) is 2.00. The van der Waals surface area contributed by atoms with Crippen molar-refractivity contribution in [1.29, 1.82) is 0 Å². The molecule has 0 saturated heterocycles. The molecule has 1 saturated carbocycles. The largest absolute Gasteiger partial charge is 0.370 e. The van der Waals surface area contributed by atoms with E-state index in [1.807, 2.05) is 6.92 Å². The van der Waals surface area contributed by atoms with Gasteiger partial charge in [0.2, 0.25) is 0 Å². The first-order valence-corrected chi connectivity index (χ1v) is 7.85. The molecule has 0 aliphatic heterocycles. The summed E-state index contributed by atoms with van der Waals surface area (Å²) in [5.41, 5.74) is 0.952. The zero-order valence-corrected chi connectivity index (χ0v) is 13.7. The van der Waals surface area contributed by atoms with Crippen LogP contribution < -0.4 is 5.32 Å². The zero-order valence-electron chi connectivity index (χ0n) is 12.9. The topological polar surface area (TPSA) is 41.1 Å². The Balaban J connectivity index is 1.89. The van der Waals surface area contributed by atoms with Gasteiger partial charge in [0.15, 0.2) is 0 Å². The Hall–Kier alpha value is -0.870. The van der Waals surface area contributed by atoms with E-state index in [9.17, 15) is 0 Å². The summed E-state index contributed by atoms with van der Waals surface area (Å²) in [4.78, 5) is 11.4. The number of nitrogens with one attached hydrogen (secondary N) is 1. The van der Waals surface area contributed by atoms with Crippen LogP contribution in [0.1, 0.15) is 50.4 Å². The molecule has 0 unspecified atom stereocenters. The average molecular weight is 297 g/mol. The number of aromatic nitrogens is 2. The lowest BCUT2D eigenvalue weighted by Crippen LogP contribution is -2.28. The summed E-state index contributed by atoms with van der Waals surface area (Å²) in [6, 6.07) is 0.590. The van der Waals surface area contributed by atoms with Crippen LogP contribution in [0.15, 0.2) is 0 Å². The summed E-state index contributed by atoms with van der Waals surface area (Å²) >= 11 is 6.20. The van der Waals surface area contributed by atoms with Gasteiger partial charge in [-0.15, -0.1) is 0 Å². The Morgan fingerprint density at radius 3 is 2.65 bits per heavy atom. The van der Waals surface area contributed by atoms with Crippen LogP contribution in [0, 0.1) is 6.92 Å². The highest BCUT2D eigenvalue weighted by molar-refractivity contribution is 6.30. The number of rotatable bonds is 7. The number of hydrogen-bond acceptors (Lipinski definition) is 4. The van der Waals surface area contributed by atoms with E-state index < -0.39 is 0 Å². The molecular weight excluding hydrogens is 272 g/mol. The van der Waals surface area contributed by atoms with Gasteiger partial charge in [-0.1, -0.05) is 11.6 Å². The maximum absolute atomic E-state index is 6.20. The van der Waals surface area contributed by atoms with Crippen molar-refractivity contribution < 1.29 is 0 Å². The van der Waals surface area contributed by atoms with E-state index in [2.05, 4.69) is 41.1 Å². The molecule has 4 nitrogen and oxygen atoms in total. The van der Waals surface area contributed by atoms with Crippen molar-refractivity contribution in [2.24, 2.45) is 0 Å². The van der Waals surface area contributed by atoms with E-state index in [-0.39, 0.29) is 0 Å². The highest BCUT2D eigenvalue weighted by atomic mass is 35.5. The summed E-state index contributed by atoms with van der Waals surface area (Å²) in [5, 5.41) is 4.00. The van der Waals surface area contributed by atoms with Crippen molar-refractivity contribution in [1.82, 2.24) is 14.9 Å². The zero-order chi connectivity index (χ0) is 14.7. The molecule has 0 aromatic carbocycles. The highest BCUT2D eigenvalue weighted by Crippen LogP contribution is 2.39. The van der Waals surface area contributed by atoms with Gasteiger partial charge in [0.25, 0.3) is 0 Å². The van der Waals surface area contributed by atoms with Gasteiger partial charge in [-0.2, -0.15) is 0 Å². The van der Waals surface area contributed by atoms with Crippen LogP contribution in [-0.2, 0) is 0 Å². The Morgan fingerprint density at radius 2 is 2.05 bits per heavy atom. The van der Waals surface area contributed by atoms with Crippen LogP contribution in [0.25, 0.3) is 0 Å². The van der Waals surface area contributed by atoms with Crippen LogP contribution in [-0.4, -0.2) is 41.0 Å². The fraction of sp³-hybridized carbons (Fsp3) is 0.733. The molecule has 0 spiro atoms. The van der Waals surface area contributed by atoms with Crippen LogP contribution >= 0.6 is 11.6 Å². The molecule has 1 fully saturated rings. The van der Waals surface area contributed by atoms with Crippen LogP contribution in [0.3, 0.4) is 0 Å². The van der Waals surface area contributed by atoms with E-state index in [1.165, 1.54) is 12.8 Å². The lowest BCUT2D eigenvalue weighted by molar-refractivity contribution is 0.273. The van der Waals surface area contributed by atoms with E-state index in [1.54, 1.807) is 0 Å². The van der Waals surface area contributed by atoms with Gasteiger partial charge in [0.1, 0.15) is 16.8 Å². The van der Waals surface area contributed by atoms with E-state index >= 15 is 0 Å². The molecule has 5 heteroatoms. The van der Waals surface area contributed by atoms with Crippen molar-refractivity contribution in [3.05, 3.63) is 16.5 Å². The minimum atomic E-state index is 0.528. The molecule has 0 amide bonds. The van der Waals surface area contributed by atoms with Gasteiger partial charge in [-0.3, -0.25) is 0 Å². The highest BCUT2D eigenvalue weighted by Gasteiger charge is 2.27. The second-order valence-corrected chi connectivity index (χ2v) is 6.33. The van der Waals surface area contributed by atoms with Crippen LogP contribution in [0.5, 0.6) is 0 Å². The first kappa shape index (κ1) is 15.5. The Morgan fingerprint density at radius 1 is 1.35 bits per heavy atom. The molecule has 0 atom stereocenters. The van der Waals surface area contributed by atoms with Crippen molar-refractivity contribution in [3.63, 3.8) is 0 Å². The van der Waals surface area contributed by atoms with Crippen molar-refractivity contribution >= 4 is 17.4 Å². The van der Waals surface area contributed by atoms with Gasteiger partial charge in [-0.05, 0) is 53.6 Å². The molecule has 0 bridgehead atoms. The lowest BCUT2D eigenvalue weighted by Gasteiger charge is -2.21. The van der Waals surface area contributed by atoms with Crippen molar-refractivity contribution in [3.8, 4) is 0 Å². The minimum absolute atomic E-state index is 0.528. The van der Waals surface area contributed by atoms with Crippen molar-refractivity contribution in [2.75, 3.05) is 25.5 Å². The Labute approximate surface area is 126 Å². The summed E-state index contributed by atoms with van der Waals surface area (Å²) in [7, 11) is 2.16. The molecule has 1 aromatic heterocycles. The average Bonchev–Trinajstić information content (AvgIpc) is 3.22. The van der Waals surface area contributed by atoms with Gasteiger partial charge >= 0.3 is 0 Å². The quantitative estimate of drug-likeness (QED) is 0.618. The number of nitrogens with zero attached hydrogens (tertiary/aromatic N) is 3. The van der Waals surface area contributed by atoms with Crippen LogP contribution in [0.4, 0.5) is 5.82 Å². The predicted molar refractivity (Wildman–Crippen MR) is 84.6 cm³/mol. The van der Waals surface area contributed by atoms with Gasteiger partial charge in [-0.25, -0.2) is 9.97 Å². The monoisotopic (exact) mass is 296 g/mol. The minimum Gasteiger partial charge on any atom is -0.370 e. The molecule has 1 N–H and O–H groups in total. The third-order valence-corrected chi connectivity index (χ3v) is 4.28. The smallest absolute Gasteiger partial charge is 0.137 e. The molecule has 0 radical (unpaired) electrons. The molecule has 1 aliphatic rings. The van der Waals surface area contributed by atoms with Crippen molar-refractivity contribution in [2.45, 2.75) is 52.0 Å². The molecule has 1 heterocycles. The normalized spacial score (nSPS) is 15.2. The summed E-state index contributed by atoms with van der Waals surface area (Å²) in [6.45, 7) is 8.39. The first-order chi connectivity index (χ1) is 9.49. The fourth-order valence-corrected chi connectivity index (χ4v) is 2.17. The summed E-state index contributed by atoms with van der Waals surface area (Å²) in [6.07, 6.45) is 3.48. The Kier molecular flexibility index (Phi) is 5.22. The number of halogens is 1. The van der Waals surface area contributed by atoms with Gasteiger partial charge < -0.3 is 10.2 Å². The number of hydrogen-bond donors (Lipinski definition) is 1. The second-order valence-electron chi connectivity index (χ2n) is 5.98. The van der Waals surface area contributed by atoms with E-state index in [4.69, 9.17) is 11.6 Å². The SMILES string of the molecule is Cc1c(Cl)nc(C2CC2)nc1NCCCN(C)C(C)C. The molecule has 20 heavy (non-hydrogen) atoms. The summed E-state index contributed by atoms with van der Waals surface area (Å²) in [5.74, 6) is 2.34.